The summed E-state index contributed by atoms with van der Waals surface area (Å²) in [5.74, 6) is 0.503. The van der Waals surface area contributed by atoms with Crippen LogP contribution in [0, 0.1) is 6.92 Å². The van der Waals surface area contributed by atoms with Crippen LogP contribution in [0.1, 0.15) is 41.9 Å². The van der Waals surface area contributed by atoms with Gasteiger partial charge in [-0.05, 0) is 26.8 Å². The highest BCUT2D eigenvalue weighted by atomic mass is 16.1. The highest BCUT2D eigenvalue weighted by Crippen LogP contribution is 2.06. The third-order valence-electron chi connectivity index (χ3n) is 2.55. The summed E-state index contributed by atoms with van der Waals surface area (Å²) in [6.07, 6.45) is 1.66. The molecule has 0 spiro atoms. The van der Waals surface area contributed by atoms with E-state index in [1.54, 1.807) is 12.4 Å². The second-order valence-corrected chi connectivity index (χ2v) is 4.37. The molecule has 0 aliphatic rings. The van der Waals surface area contributed by atoms with Crippen molar-refractivity contribution in [1.82, 2.24) is 30.3 Å². The molecule has 7 nitrogen and oxygen atoms in total. The maximum atomic E-state index is 11.8. The average Bonchev–Trinajstić information content (AvgIpc) is 2.94. The van der Waals surface area contributed by atoms with E-state index in [1.807, 2.05) is 25.3 Å². The Labute approximate surface area is 105 Å². The summed E-state index contributed by atoms with van der Waals surface area (Å²) in [4.78, 5) is 11.8. The first-order chi connectivity index (χ1) is 8.58. The standard InChI is InChI=1S/C11H16N6O/c1-7(2)17-6-13-16-10(17)5-12-11(18)9-4-8(3)14-15-9/h4,6-7H,5H2,1-3H3,(H,12,18)(H,14,15). The molecule has 0 fully saturated rings. The van der Waals surface area contributed by atoms with E-state index < -0.39 is 0 Å². The Balaban J connectivity index is 1.99. The Morgan fingerprint density at radius 1 is 1.56 bits per heavy atom. The number of nitrogens with zero attached hydrogens (tertiary/aromatic N) is 4. The van der Waals surface area contributed by atoms with E-state index in [9.17, 15) is 4.79 Å². The monoisotopic (exact) mass is 248 g/mol. The summed E-state index contributed by atoms with van der Waals surface area (Å²) in [6, 6.07) is 1.96. The van der Waals surface area contributed by atoms with E-state index in [2.05, 4.69) is 25.7 Å². The van der Waals surface area contributed by atoms with Crippen LogP contribution in [-0.4, -0.2) is 30.9 Å². The predicted octanol–water partition coefficient (Wildman–Crippen LogP) is 0.821. The van der Waals surface area contributed by atoms with E-state index in [1.165, 1.54) is 0 Å². The van der Waals surface area contributed by atoms with Crippen LogP contribution in [0.4, 0.5) is 0 Å². The molecular weight excluding hydrogens is 232 g/mol. The number of amides is 1. The number of carbonyl (C=O) groups excluding carboxylic acids is 1. The molecule has 1 amide bonds. The molecule has 0 atom stereocenters. The molecular formula is C11H16N6O. The summed E-state index contributed by atoms with van der Waals surface area (Å²) in [6.45, 7) is 6.25. The van der Waals surface area contributed by atoms with Crippen molar-refractivity contribution >= 4 is 5.91 Å². The SMILES string of the molecule is Cc1cc(C(=O)NCc2nncn2C(C)C)n[nH]1. The molecule has 2 heterocycles. The molecule has 0 unspecified atom stereocenters. The highest BCUT2D eigenvalue weighted by molar-refractivity contribution is 5.92. The van der Waals surface area contributed by atoms with Crippen molar-refractivity contribution in [3.8, 4) is 0 Å². The number of hydrogen-bond donors (Lipinski definition) is 2. The largest absolute Gasteiger partial charge is 0.343 e. The van der Waals surface area contributed by atoms with Gasteiger partial charge >= 0.3 is 0 Å². The van der Waals surface area contributed by atoms with E-state index in [4.69, 9.17) is 0 Å². The molecule has 18 heavy (non-hydrogen) atoms. The number of carbonyl (C=O) groups is 1. The quantitative estimate of drug-likeness (QED) is 0.838. The maximum absolute atomic E-state index is 11.8. The lowest BCUT2D eigenvalue weighted by Crippen LogP contribution is -2.25. The fraction of sp³-hybridized carbons (Fsp3) is 0.455. The lowest BCUT2D eigenvalue weighted by atomic mass is 10.3. The summed E-state index contributed by atoms with van der Waals surface area (Å²) in [5.41, 5.74) is 1.23. The number of aromatic nitrogens is 5. The number of H-pyrrole nitrogens is 1. The fourth-order valence-electron chi connectivity index (χ4n) is 1.61. The predicted molar refractivity (Wildman–Crippen MR) is 64.9 cm³/mol. The van der Waals surface area contributed by atoms with Crippen molar-refractivity contribution in [2.24, 2.45) is 0 Å². The van der Waals surface area contributed by atoms with Crippen LogP contribution >= 0.6 is 0 Å². The zero-order valence-electron chi connectivity index (χ0n) is 10.6. The minimum atomic E-state index is -0.224. The van der Waals surface area contributed by atoms with Gasteiger partial charge in [-0.2, -0.15) is 5.10 Å². The Morgan fingerprint density at radius 2 is 2.33 bits per heavy atom. The molecule has 2 N–H and O–H groups in total. The molecule has 7 heteroatoms. The van der Waals surface area contributed by atoms with Gasteiger partial charge in [0, 0.05) is 11.7 Å². The zero-order chi connectivity index (χ0) is 13.1. The van der Waals surface area contributed by atoms with Gasteiger partial charge in [0.1, 0.15) is 12.0 Å². The summed E-state index contributed by atoms with van der Waals surface area (Å²) in [7, 11) is 0. The van der Waals surface area contributed by atoms with Crippen molar-refractivity contribution in [2.75, 3.05) is 0 Å². The minimum absolute atomic E-state index is 0.224. The topological polar surface area (TPSA) is 88.5 Å². The number of rotatable bonds is 4. The second-order valence-electron chi connectivity index (χ2n) is 4.37. The Hall–Kier alpha value is -2.18. The van der Waals surface area contributed by atoms with Gasteiger partial charge in [0.25, 0.3) is 5.91 Å². The van der Waals surface area contributed by atoms with Crippen molar-refractivity contribution < 1.29 is 4.79 Å². The lowest BCUT2D eigenvalue weighted by Gasteiger charge is -2.10. The van der Waals surface area contributed by atoms with Crippen LogP contribution in [0.5, 0.6) is 0 Å². The van der Waals surface area contributed by atoms with Crippen LogP contribution in [0.25, 0.3) is 0 Å². The summed E-state index contributed by atoms with van der Waals surface area (Å²) >= 11 is 0. The van der Waals surface area contributed by atoms with Crippen LogP contribution in [-0.2, 0) is 6.54 Å². The third kappa shape index (κ3) is 2.55. The number of aromatic amines is 1. The van der Waals surface area contributed by atoms with Gasteiger partial charge in [0.15, 0.2) is 5.82 Å². The lowest BCUT2D eigenvalue weighted by molar-refractivity contribution is 0.0944. The van der Waals surface area contributed by atoms with Gasteiger partial charge in [0.05, 0.1) is 6.54 Å². The van der Waals surface area contributed by atoms with Gasteiger partial charge < -0.3 is 9.88 Å². The molecule has 0 radical (unpaired) electrons. The van der Waals surface area contributed by atoms with Crippen molar-refractivity contribution in [1.29, 1.82) is 0 Å². The molecule has 0 aromatic carbocycles. The van der Waals surface area contributed by atoms with Crippen LogP contribution in [0.15, 0.2) is 12.4 Å². The molecule has 0 saturated heterocycles. The summed E-state index contributed by atoms with van der Waals surface area (Å²) in [5, 5.41) is 17.2. The fourth-order valence-corrected chi connectivity index (χ4v) is 1.61. The van der Waals surface area contributed by atoms with E-state index >= 15 is 0 Å². The van der Waals surface area contributed by atoms with E-state index in [0.717, 1.165) is 11.5 Å². The van der Waals surface area contributed by atoms with Gasteiger partial charge in [-0.1, -0.05) is 0 Å². The zero-order valence-corrected chi connectivity index (χ0v) is 10.6. The van der Waals surface area contributed by atoms with Gasteiger partial charge in [0.2, 0.25) is 0 Å². The van der Waals surface area contributed by atoms with Gasteiger partial charge in [-0.3, -0.25) is 9.89 Å². The van der Waals surface area contributed by atoms with Crippen LogP contribution in [0.2, 0.25) is 0 Å². The molecule has 96 valence electrons. The number of nitrogens with one attached hydrogen (secondary N) is 2. The smallest absolute Gasteiger partial charge is 0.272 e. The summed E-state index contributed by atoms with van der Waals surface area (Å²) < 4.78 is 1.91. The van der Waals surface area contributed by atoms with Crippen LogP contribution < -0.4 is 5.32 Å². The number of aryl methyl sites for hydroxylation is 1. The van der Waals surface area contributed by atoms with Crippen LogP contribution in [0.3, 0.4) is 0 Å². The van der Waals surface area contributed by atoms with Crippen molar-refractivity contribution in [3.63, 3.8) is 0 Å². The highest BCUT2D eigenvalue weighted by Gasteiger charge is 2.12. The van der Waals surface area contributed by atoms with Crippen molar-refractivity contribution in [2.45, 2.75) is 33.4 Å². The molecule has 2 aromatic rings. The molecule has 0 aliphatic carbocycles. The molecule has 2 aromatic heterocycles. The first-order valence-electron chi connectivity index (χ1n) is 5.76. The Morgan fingerprint density at radius 3 is 2.94 bits per heavy atom. The number of hydrogen-bond acceptors (Lipinski definition) is 4. The molecule has 0 saturated carbocycles. The average molecular weight is 248 g/mol. The van der Waals surface area contributed by atoms with Crippen molar-refractivity contribution in [3.05, 3.63) is 29.6 Å². The Bertz CT molecular complexity index is 541. The molecule has 2 rings (SSSR count). The first kappa shape index (κ1) is 12.3. The van der Waals surface area contributed by atoms with Gasteiger partial charge in [-0.15, -0.1) is 10.2 Å². The second kappa shape index (κ2) is 4.99. The normalized spacial score (nSPS) is 10.9. The molecule has 0 aliphatic heterocycles. The maximum Gasteiger partial charge on any atom is 0.272 e. The van der Waals surface area contributed by atoms with Gasteiger partial charge in [-0.25, -0.2) is 0 Å². The van der Waals surface area contributed by atoms with E-state index in [0.29, 0.717) is 12.2 Å². The molecule has 0 bridgehead atoms. The first-order valence-corrected chi connectivity index (χ1v) is 5.76. The van der Waals surface area contributed by atoms with E-state index in [-0.39, 0.29) is 11.9 Å². The third-order valence-corrected chi connectivity index (χ3v) is 2.55. The Kier molecular flexibility index (Phi) is 3.40. The minimum Gasteiger partial charge on any atom is -0.343 e.